The molecule has 0 saturated carbocycles. The second kappa shape index (κ2) is 7.65. The van der Waals surface area contributed by atoms with Crippen molar-refractivity contribution in [1.29, 1.82) is 0 Å². The van der Waals surface area contributed by atoms with Crippen LogP contribution in [-0.2, 0) is 6.54 Å². The molecule has 0 fully saturated rings. The summed E-state index contributed by atoms with van der Waals surface area (Å²) in [7, 11) is 0. The number of anilines is 1. The highest BCUT2D eigenvalue weighted by Crippen LogP contribution is 2.20. The molecule has 4 rings (SSSR count). The van der Waals surface area contributed by atoms with Crippen LogP contribution in [0.5, 0.6) is 11.6 Å². The van der Waals surface area contributed by atoms with Crippen molar-refractivity contribution >= 4 is 5.95 Å². The van der Waals surface area contributed by atoms with Crippen LogP contribution < -0.4 is 10.1 Å². The molecule has 0 atom stereocenters. The van der Waals surface area contributed by atoms with E-state index in [1.165, 1.54) is 12.1 Å². The number of nitrogens with zero attached hydrogens (tertiary/aromatic N) is 4. The van der Waals surface area contributed by atoms with E-state index >= 15 is 0 Å². The Hall–Kier alpha value is -3.74. The van der Waals surface area contributed by atoms with Crippen LogP contribution in [0.3, 0.4) is 0 Å². The molecule has 0 spiro atoms. The maximum Gasteiger partial charge on any atom is 0.226 e. The molecule has 0 aliphatic rings. The van der Waals surface area contributed by atoms with Crippen LogP contribution in [-0.4, -0.2) is 19.7 Å². The minimum absolute atomic E-state index is 0.314. The van der Waals surface area contributed by atoms with Crippen LogP contribution in [0, 0.1) is 5.82 Å². The second-order valence-corrected chi connectivity index (χ2v) is 5.75. The van der Waals surface area contributed by atoms with Gasteiger partial charge in [-0.05, 0) is 48.0 Å². The average Bonchev–Trinajstić information content (AvgIpc) is 3.24. The van der Waals surface area contributed by atoms with E-state index in [4.69, 9.17) is 4.74 Å². The van der Waals surface area contributed by atoms with Crippen LogP contribution in [0.1, 0.15) is 5.56 Å². The molecule has 27 heavy (non-hydrogen) atoms. The van der Waals surface area contributed by atoms with Gasteiger partial charge in [-0.25, -0.2) is 14.1 Å². The van der Waals surface area contributed by atoms with Crippen LogP contribution in [0.4, 0.5) is 10.3 Å². The first-order chi connectivity index (χ1) is 13.3. The molecule has 2 aromatic carbocycles. The van der Waals surface area contributed by atoms with Crippen molar-refractivity contribution in [2.24, 2.45) is 0 Å². The maximum atomic E-state index is 13.0. The Morgan fingerprint density at radius 3 is 2.52 bits per heavy atom. The number of hydrogen-bond donors (Lipinski definition) is 1. The minimum atomic E-state index is -0.314. The number of hydrogen-bond acceptors (Lipinski definition) is 5. The Balaban J connectivity index is 1.39. The van der Waals surface area contributed by atoms with Crippen LogP contribution in [0.15, 0.2) is 79.3 Å². The topological polar surface area (TPSA) is 64.9 Å². The van der Waals surface area contributed by atoms with Gasteiger partial charge in [-0.2, -0.15) is 10.1 Å². The standard InChI is InChI=1S/C20H16FN5O/c21-16-4-8-18(9-5-16)27-19-10-12-22-20(25-19)23-14-15-2-6-17(7-3-15)26-13-1-11-24-26/h1-13H,14H2,(H,22,23,25). The summed E-state index contributed by atoms with van der Waals surface area (Å²) in [6.45, 7) is 0.569. The molecule has 2 heterocycles. The smallest absolute Gasteiger partial charge is 0.226 e. The van der Waals surface area contributed by atoms with E-state index in [1.54, 1.807) is 35.3 Å². The van der Waals surface area contributed by atoms with E-state index in [0.717, 1.165) is 11.3 Å². The molecule has 0 saturated heterocycles. The van der Waals surface area contributed by atoms with Gasteiger partial charge in [0.1, 0.15) is 11.6 Å². The summed E-state index contributed by atoms with van der Waals surface area (Å²) >= 11 is 0. The molecule has 0 aliphatic carbocycles. The first kappa shape index (κ1) is 16.7. The molecule has 0 radical (unpaired) electrons. The van der Waals surface area contributed by atoms with Crippen molar-refractivity contribution in [3.05, 3.63) is 90.6 Å². The van der Waals surface area contributed by atoms with Gasteiger partial charge in [0, 0.05) is 31.2 Å². The van der Waals surface area contributed by atoms with Crippen molar-refractivity contribution < 1.29 is 9.13 Å². The highest BCUT2D eigenvalue weighted by atomic mass is 19.1. The summed E-state index contributed by atoms with van der Waals surface area (Å²) in [6.07, 6.45) is 5.25. The fourth-order valence-corrected chi connectivity index (χ4v) is 2.48. The number of ether oxygens (including phenoxy) is 1. The Labute approximate surface area is 155 Å². The normalized spacial score (nSPS) is 10.6. The summed E-state index contributed by atoms with van der Waals surface area (Å²) < 4.78 is 20.4. The van der Waals surface area contributed by atoms with Crippen LogP contribution in [0.25, 0.3) is 5.69 Å². The van der Waals surface area contributed by atoms with E-state index in [9.17, 15) is 4.39 Å². The van der Waals surface area contributed by atoms with Crippen molar-refractivity contribution in [2.45, 2.75) is 6.54 Å². The van der Waals surface area contributed by atoms with Crippen molar-refractivity contribution in [1.82, 2.24) is 19.7 Å². The molecule has 0 aliphatic heterocycles. The molecule has 0 unspecified atom stereocenters. The van der Waals surface area contributed by atoms with Crippen molar-refractivity contribution in [2.75, 3.05) is 5.32 Å². The first-order valence-corrected chi connectivity index (χ1v) is 8.35. The fraction of sp³-hybridized carbons (Fsp3) is 0.0500. The minimum Gasteiger partial charge on any atom is -0.439 e. The van der Waals surface area contributed by atoms with E-state index in [2.05, 4.69) is 20.4 Å². The molecule has 4 aromatic rings. The van der Waals surface area contributed by atoms with Gasteiger partial charge in [0.05, 0.1) is 5.69 Å². The van der Waals surface area contributed by atoms with Gasteiger partial charge in [-0.15, -0.1) is 0 Å². The third-order valence-electron chi connectivity index (χ3n) is 3.82. The average molecular weight is 361 g/mol. The summed E-state index contributed by atoms with van der Waals surface area (Å²) in [5, 5.41) is 7.37. The molecule has 6 nitrogen and oxygen atoms in total. The molecule has 2 aromatic heterocycles. The molecule has 1 N–H and O–H groups in total. The lowest BCUT2D eigenvalue weighted by Crippen LogP contribution is -2.04. The third kappa shape index (κ3) is 4.27. The van der Waals surface area contributed by atoms with Gasteiger partial charge in [0.2, 0.25) is 11.8 Å². The van der Waals surface area contributed by atoms with Crippen LogP contribution >= 0.6 is 0 Å². The summed E-state index contributed by atoms with van der Waals surface area (Å²) in [6, 6.07) is 17.3. The van der Waals surface area contributed by atoms with Gasteiger partial charge >= 0.3 is 0 Å². The van der Waals surface area contributed by atoms with Gasteiger partial charge in [0.15, 0.2) is 0 Å². The van der Waals surface area contributed by atoms with Crippen molar-refractivity contribution in [3.63, 3.8) is 0 Å². The number of rotatable bonds is 6. The summed E-state index contributed by atoms with van der Waals surface area (Å²) in [4.78, 5) is 8.50. The zero-order chi connectivity index (χ0) is 18.5. The number of benzene rings is 2. The van der Waals surface area contributed by atoms with Gasteiger partial charge in [-0.1, -0.05) is 12.1 Å². The zero-order valence-corrected chi connectivity index (χ0v) is 14.3. The molecular weight excluding hydrogens is 345 g/mol. The molecule has 7 heteroatoms. The predicted octanol–water partition coefficient (Wildman–Crippen LogP) is 4.21. The Bertz CT molecular complexity index is 1000. The van der Waals surface area contributed by atoms with E-state index < -0.39 is 0 Å². The number of aromatic nitrogens is 4. The van der Waals surface area contributed by atoms with Gasteiger partial charge in [-0.3, -0.25) is 0 Å². The lowest BCUT2D eigenvalue weighted by Gasteiger charge is -2.08. The highest BCUT2D eigenvalue weighted by Gasteiger charge is 2.03. The molecule has 0 bridgehead atoms. The monoisotopic (exact) mass is 361 g/mol. The molecule has 0 amide bonds. The third-order valence-corrected chi connectivity index (χ3v) is 3.82. The largest absolute Gasteiger partial charge is 0.439 e. The summed E-state index contributed by atoms with van der Waals surface area (Å²) in [5.74, 6) is 1.03. The maximum absolute atomic E-state index is 13.0. The van der Waals surface area contributed by atoms with Gasteiger partial charge in [0.25, 0.3) is 0 Å². The molecule has 134 valence electrons. The Morgan fingerprint density at radius 2 is 1.78 bits per heavy atom. The number of nitrogens with one attached hydrogen (secondary N) is 1. The molecular formula is C20H16FN5O. The SMILES string of the molecule is Fc1ccc(Oc2ccnc(NCc3ccc(-n4cccn4)cc3)n2)cc1. The zero-order valence-electron chi connectivity index (χ0n) is 14.3. The lowest BCUT2D eigenvalue weighted by molar-refractivity contribution is 0.460. The highest BCUT2D eigenvalue weighted by molar-refractivity contribution is 5.36. The van der Waals surface area contributed by atoms with E-state index in [-0.39, 0.29) is 5.82 Å². The van der Waals surface area contributed by atoms with E-state index in [0.29, 0.717) is 24.1 Å². The predicted molar refractivity (Wildman–Crippen MR) is 99.4 cm³/mol. The first-order valence-electron chi connectivity index (χ1n) is 8.35. The van der Waals surface area contributed by atoms with E-state index in [1.807, 2.05) is 36.5 Å². The Kier molecular flexibility index (Phi) is 4.74. The van der Waals surface area contributed by atoms with Crippen LogP contribution in [0.2, 0.25) is 0 Å². The van der Waals surface area contributed by atoms with Crippen molar-refractivity contribution in [3.8, 4) is 17.3 Å². The lowest BCUT2D eigenvalue weighted by atomic mass is 10.2. The second-order valence-electron chi connectivity index (χ2n) is 5.75. The fourth-order valence-electron chi connectivity index (χ4n) is 2.48. The number of halogens is 1. The quantitative estimate of drug-likeness (QED) is 0.557. The Morgan fingerprint density at radius 1 is 0.963 bits per heavy atom. The van der Waals surface area contributed by atoms with Gasteiger partial charge < -0.3 is 10.1 Å². The summed E-state index contributed by atoms with van der Waals surface area (Å²) in [5.41, 5.74) is 2.08.